The van der Waals surface area contributed by atoms with E-state index >= 15 is 0 Å². The largest absolute Gasteiger partial charge is 0.381 e. The molecule has 22 heavy (non-hydrogen) atoms. The number of hydrogen-bond acceptors (Lipinski definition) is 3. The average molecular weight is 327 g/mol. The summed E-state index contributed by atoms with van der Waals surface area (Å²) in [5, 5.41) is 0. The van der Waals surface area contributed by atoms with Gasteiger partial charge in [0.1, 0.15) is 0 Å². The molecule has 0 aliphatic carbocycles. The molecule has 1 fully saturated rings. The van der Waals surface area contributed by atoms with Gasteiger partial charge in [0.2, 0.25) is 5.91 Å². The average Bonchev–Trinajstić information content (AvgIpc) is 2.55. The van der Waals surface area contributed by atoms with Crippen molar-refractivity contribution in [2.75, 3.05) is 26.8 Å². The molecule has 1 aromatic rings. The maximum atomic E-state index is 12.8. The number of rotatable bonds is 5. The van der Waals surface area contributed by atoms with Crippen LogP contribution >= 0.6 is 12.4 Å². The Bertz CT molecular complexity index is 470. The Kier molecular flexibility index (Phi) is 7.33. The maximum Gasteiger partial charge on any atom is 0.230 e. The molecule has 5 heteroatoms. The quantitative estimate of drug-likeness (QED) is 0.904. The molecule has 0 aromatic heterocycles. The molecular formula is C17H27ClN2O2. The monoisotopic (exact) mass is 326 g/mol. The summed E-state index contributed by atoms with van der Waals surface area (Å²) in [7, 11) is 1.86. The van der Waals surface area contributed by atoms with E-state index < -0.39 is 5.41 Å². The Morgan fingerprint density at radius 2 is 1.77 bits per heavy atom. The Hall–Kier alpha value is -1.10. The molecule has 0 saturated carbocycles. The molecule has 0 radical (unpaired) electrons. The van der Waals surface area contributed by atoms with E-state index in [4.69, 9.17) is 10.5 Å². The van der Waals surface area contributed by atoms with Crippen molar-refractivity contribution in [3.05, 3.63) is 35.4 Å². The maximum absolute atomic E-state index is 12.8. The minimum absolute atomic E-state index is 0. The minimum atomic E-state index is -0.434. The van der Waals surface area contributed by atoms with Crippen molar-refractivity contribution >= 4 is 18.3 Å². The first kappa shape index (κ1) is 18.9. The van der Waals surface area contributed by atoms with Crippen LogP contribution in [0.5, 0.6) is 0 Å². The van der Waals surface area contributed by atoms with Gasteiger partial charge in [-0.25, -0.2) is 0 Å². The van der Waals surface area contributed by atoms with E-state index in [9.17, 15) is 4.79 Å². The topological polar surface area (TPSA) is 55.6 Å². The van der Waals surface area contributed by atoms with Crippen molar-refractivity contribution in [3.63, 3.8) is 0 Å². The number of benzene rings is 1. The van der Waals surface area contributed by atoms with Crippen LogP contribution < -0.4 is 5.73 Å². The van der Waals surface area contributed by atoms with Gasteiger partial charge in [-0.3, -0.25) is 4.79 Å². The van der Waals surface area contributed by atoms with Crippen LogP contribution in [-0.2, 0) is 22.5 Å². The van der Waals surface area contributed by atoms with E-state index in [0.29, 0.717) is 26.3 Å². The van der Waals surface area contributed by atoms with Gasteiger partial charge in [0.25, 0.3) is 0 Å². The molecule has 1 saturated heterocycles. The molecule has 0 atom stereocenters. The first-order valence-corrected chi connectivity index (χ1v) is 7.72. The lowest BCUT2D eigenvalue weighted by atomic mass is 9.79. The van der Waals surface area contributed by atoms with E-state index in [1.807, 2.05) is 7.05 Å². The Morgan fingerprint density at radius 1 is 1.23 bits per heavy atom. The van der Waals surface area contributed by atoms with E-state index in [1.54, 1.807) is 4.90 Å². The van der Waals surface area contributed by atoms with Crippen LogP contribution in [0.15, 0.2) is 24.3 Å². The lowest BCUT2D eigenvalue weighted by Crippen LogP contribution is -2.49. The molecular weight excluding hydrogens is 300 g/mol. The fourth-order valence-electron chi connectivity index (χ4n) is 2.90. The highest BCUT2D eigenvalue weighted by Gasteiger charge is 2.40. The van der Waals surface area contributed by atoms with Crippen LogP contribution in [0.25, 0.3) is 0 Å². The zero-order valence-corrected chi connectivity index (χ0v) is 14.3. The summed E-state index contributed by atoms with van der Waals surface area (Å²) in [6.07, 6.45) is 2.48. The molecule has 1 heterocycles. The second kappa shape index (κ2) is 8.51. The van der Waals surface area contributed by atoms with Crippen LogP contribution in [0.3, 0.4) is 0 Å². The highest BCUT2D eigenvalue weighted by atomic mass is 35.5. The van der Waals surface area contributed by atoms with Crippen molar-refractivity contribution in [3.8, 4) is 0 Å². The molecule has 0 bridgehead atoms. The summed E-state index contributed by atoms with van der Waals surface area (Å²) in [5.74, 6) is 0.146. The van der Waals surface area contributed by atoms with Crippen LogP contribution in [0, 0.1) is 5.41 Å². The molecule has 4 nitrogen and oxygen atoms in total. The van der Waals surface area contributed by atoms with E-state index in [1.165, 1.54) is 5.56 Å². The van der Waals surface area contributed by atoms with Gasteiger partial charge in [0.15, 0.2) is 0 Å². The Morgan fingerprint density at radius 3 is 2.27 bits per heavy atom. The van der Waals surface area contributed by atoms with Gasteiger partial charge in [-0.15, -0.1) is 12.4 Å². The van der Waals surface area contributed by atoms with E-state index in [2.05, 4.69) is 31.2 Å². The molecule has 1 aromatic carbocycles. The number of ether oxygens (including phenoxy) is 1. The first-order chi connectivity index (χ1) is 10.1. The molecule has 2 rings (SSSR count). The number of aryl methyl sites for hydroxylation is 1. The van der Waals surface area contributed by atoms with Gasteiger partial charge in [0.05, 0.1) is 5.41 Å². The molecule has 124 valence electrons. The van der Waals surface area contributed by atoms with Gasteiger partial charge in [-0.1, -0.05) is 31.2 Å². The molecule has 2 N–H and O–H groups in total. The van der Waals surface area contributed by atoms with Gasteiger partial charge < -0.3 is 15.4 Å². The summed E-state index contributed by atoms with van der Waals surface area (Å²) in [4.78, 5) is 14.6. The normalized spacial score (nSPS) is 16.7. The number of halogens is 1. The lowest BCUT2D eigenvalue weighted by molar-refractivity contribution is -0.146. The minimum Gasteiger partial charge on any atom is -0.381 e. The molecule has 1 aliphatic heterocycles. The number of hydrogen-bond donors (Lipinski definition) is 1. The smallest absolute Gasteiger partial charge is 0.230 e. The first-order valence-electron chi connectivity index (χ1n) is 7.72. The summed E-state index contributed by atoms with van der Waals surface area (Å²) >= 11 is 0. The van der Waals surface area contributed by atoms with Crippen molar-refractivity contribution in [2.45, 2.75) is 32.7 Å². The van der Waals surface area contributed by atoms with E-state index in [0.717, 1.165) is 24.8 Å². The van der Waals surface area contributed by atoms with E-state index in [-0.39, 0.29) is 18.3 Å². The number of amides is 1. The van der Waals surface area contributed by atoms with Gasteiger partial charge in [-0.05, 0) is 30.4 Å². The zero-order valence-electron chi connectivity index (χ0n) is 13.5. The third kappa shape index (κ3) is 4.22. The highest BCUT2D eigenvalue weighted by molar-refractivity contribution is 5.85. The molecule has 0 spiro atoms. The lowest BCUT2D eigenvalue weighted by Gasteiger charge is -2.37. The SMILES string of the molecule is CCc1ccc(CN(C)C(=O)C2(CN)CCOCC2)cc1.Cl. The highest BCUT2D eigenvalue weighted by Crippen LogP contribution is 2.31. The second-order valence-corrected chi connectivity index (χ2v) is 5.93. The summed E-state index contributed by atoms with van der Waals surface area (Å²) in [5.41, 5.74) is 7.94. The Balaban J connectivity index is 0.00000242. The predicted molar refractivity (Wildman–Crippen MR) is 91.1 cm³/mol. The van der Waals surface area contributed by atoms with Crippen molar-refractivity contribution < 1.29 is 9.53 Å². The summed E-state index contributed by atoms with van der Waals surface area (Å²) in [6.45, 7) is 4.42. The third-order valence-electron chi connectivity index (χ3n) is 4.49. The van der Waals surface area contributed by atoms with Crippen LogP contribution in [0.2, 0.25) is 0 Å². The summed E-state index contributed by atoms with van der Waals surface area (Å²) in [6, 6.07) is 8.45. The van der Waals surface area contributed by atoms with Crippen LogP contribution in [0.4, 0.5) is 0 Å². The fourth-order valence-corrected chi connectivity index (χ4v) is 2.90. The standard InChI is InChI=1S/C17H26N2O2.ClH/c1-3-14-4-6-15(7-5-14)12-19(2)16(20)17(13-18)8-10-21-11-9-17;/h4-7H,3,8-13,18H2,1-2H3;1H. The van der Waals surface area contributed by atoms with Gasteiger partial charge in [0, 0.05) is 33.4 Å². The molecule has 0 unspecified atom stereocenters. The number of nitrogens with two attached hydrogens (primary N) is 1. The zero-order chi connectivity index (χ0) is 15.3. The fraction of sp³-hybridized carbons (Fsp3) is 0.588. The van der Waals surface area contributed by atoms with Crippen LogP contribution in [-0.4, -0.2) is 37.6 Å². The summed E-state index contributed by atoms with van der Waals surface area (Å²) < 4.78 is 5.37. The van der Waals surface area contributed by atoms with Crippen molar-refractivity contribution in [1.82, 2.24) is 4.90 Å². The number of carbonyl (C=O) groups excluding carboxylic acids is 1. The van der Waals surface area contributed by atoms with Crippen molar-refractivity contribution in [1.29, 1.82) is 0 Å². The predicted octanol–water partition coefficient (Wildman–Crippen LogP) is 2.38. The molecule has 1 amide bonds. The van der Waals surface area contributed by atoms with Crippen LogP contribution in [0.1, 0.15) is 30.9 Å². The van der Waals surface area contributed by atoms with Gasteiger partial charge >= 0.3 is 0 Å². The Labute approximate surface area is 139 Å². The molecule has 1 aliphatic rings. The third-order valence-corrected chi connectivity index (χ3v) is 4.49. The van der Waals surface area contributed by atoms with Crippen molar-refractivity contribution in [2.24, 2.45) is 11.1 Å². The number of carbonyl (C=O) groups is 1. The van der Waals surface area contributed by atoms with Gasteiger partial charge in [-0.2, -0.15) is 0 Å². The second-order valence-electron chi connectivity index (χ2n) is 5.93. The number of nitrogens with zero attached hydrogens (tertiary/aromatic N) is 1.